The summed E-state index contributed by atoms with van der Waals surface area (Å²) >= 11 is 0. The van der Waals surface area contributed by atoms with Gasteiger partial charge in [0.25, 0.3) is 0 Å². The van der Waals surface area contributed by atoms with Crippen LogP contribution in [0.25, 0.3) is 27.9 Å². The molecule has 0 saturated heterocycles. The highest BCUT2D eigenvalue weighted by molar-refractivity contribution is 5.93. The second-order valence-corrected chi connectivity index (χ2v) is 7.31. The van der Waals surface area contributed by atoms with Gasteiger partial charge in [0.05, 0.1) is 17.6 Å². The SMILES string of the molecule is COCCOc1cccc2c(NCc3ccccc3)nc(-n3cnc4ccccc43)nc12. The summed E-state index contributed by atoms with van der Waals surface area (Å²) < 4.78 is 13.0. The fraction of sp³-hybridized carbons (Fsp3) is 0.160. The molecule has 0 saturated carbocycles. The Labute approximate surface area is 185 Å². The van der Waals surface area contributed by atoms with E-state index in [1.165, 1.54) is 5.56 Å². The molecule has 0 atom stereocenters. The molecule has 0 aliphatic carbocycles. The van der Waals surface area contributed by atoms with E-state index in [9.17, 15) is 0 Å². The van der Waals surface area contributed by atoms with E-state index in [4.69, 9.17) is 19.4 Å². The lowest BCUT2D eigenvalue weighted by atomic mass is 10.2. The summed E-state index contributed by atoms with van der Waals surface area (Å²) in [4.78, 5) is 14.2. The molecule has 2 aromatic heterocycles. The number of hydrogen-bond donors (Lipinski definition) is 1. The normalized spacial score (nSPS) is 11.2. The molecule has 0 aliphatic rings. The minimum atomic E-state index is 0.440. The first-order valence-electron chi connectivity index (χ1n) is 10.5. The van der Waals surface area contributed by atoms with Gasteiger partial charge in [-0.05, 0) is 29.8 Å². The minimum absolute atomic E-state index is 0.440. The Balaban J connectivity index is 1.62. The van der Waals surface area contributed by atoms with Crippen molar-refractivity contribution < 1.29 is 9.47 Å². The van der Waals surface area contributed by atoms with Crippen molar-refractivity contribution in [2.45, 2.75) is 6.54 Å². The van der Waals surface area contributed by atoms with Crippen LogP contribution in [-0.4, -0.2) is 39.8 Å². The molecule has 7 nitrogen and oxygen atoms in total. The zero-order valence-corrected chi connectivity index (χ0v) is 17.7. The number of anilines is 1. The van der Waals surface area contributed by atoms with Crippen molar-refractivity contribution in [1.29, 1.82) is 0 Å². The highest BCUT2D eigenvalue weighted by Gasteiger charge is 2.15. The minimum Gasteiger partial charge on any atom is -0.489 e. The van der Waals surface area contributed by atoms with E-state index in [0.29, 0.717) is 31.5 Å². The number of rotatable bonds is 8. The van der Waals surface area contributed by atoms with Crippen molar-refractivity contribution >= 4 is 27.8 Å². The Hall–Kier alpha value is -3.97. The van der Waals surface area contributed by atoms with E-state index < -0.39 is 0 Å². The number of aromatic nitrogens is 4. The Morgan fingerprint density at radius 1 is 0.875 bits per heavy atom. The molecule has 160 valence electrons. The molecule has 5 rings (SSSR count). The molecule has 2 heterocycles. The van der Waals surface area contributed by atoms with Crippen LogP contribution in [0.15, 0.2) is 79.1 Å². The first kappa shape index (κ1) is 20.0. The maximum Gasteiger partial charge on any atom is 0.238 e. The van der Waals surface area contributed by atoms with Crippen molar-refractivity contribution in [3.63, 3.8) is 0 Å². The van der Waals surface area contributed by atoms with Crippen molar-refractivity contribution in [2.24, 2.45) is 0 Å². The van der Waals surface area contributed by atoms with Crippen LogP contribution in [0.3, 0.4) is 0 Å². The number of nitrogens with zero attached hydrogens (tertiary/aromatic N) is 4. The van der Waals surface area contributed by atoms with E-state index >= 15 is 0 Å². The van der Waals surface area contributed by atoms with Gasteiger partial charge in [-0.15, -0.1) is 0 Å². The van der Waals surface area contributed by atoms with E-state index in [1.807, 2.05) is 65.2 Å². The molecular weight excluding hydrogens is 402 g/mol. The molecule has 3 aromatic carbocycles. The first-order chi connectivity index (χ1) is 15.8. The molecule has 0 amide bonds. The molecule has 0 aliphatic heterocycles. The molecule has 0 radical (unpaired) electrons. The lowest BCUT2D eigenvalue weighted by Crippen LogP contribution is -2.09. The number of ether oxygens (including phenoxy) is 2. The summed E-state index contributed by atoms with van der Waals surface area (Å²) in [5.41, 5.74) is 3.74. The predicted octanol–water partition coefficient (Wildman–Crippen LogP) is 4.61. The summed E-state index contributed by atoms with van der Waals surface area (Å²) in [5.74, 6) is 1.96. The van der Waals surface area contributed by atoms with Gasteiger partial charge in [-0.25, -0.2) is 9.97 Å². The van der Waals surface area contributed by atoms with Gasteiger partial charge >= 0.3 is 0 Å². The maximum absolute atomic E-state index is 5.97. The van der Waals surface area contributed by atoms with Crippen molar-refractivity contribution in [3.8, 4) is 11.7 Å². The highest BCUT2D eigenvalue weighted by Crippen LogP contribution is 2.30. The van der Waals surface area contributed by atoms with Gasteiger partial charge in [0.15, 0.2) is 0 Å². The predicted molar refractivity (Wildman–Crippen MR) is 125 cm³/mol. The van der Waals surface area contributed by atoms with Crippen LogP contribution in [0.2, 0.25) is 0 Å². The summed E-state index contributed by atoms with van der Waals surface area (Å²) in [6.45, 7) is 1.58. The number of methoxy groups -OCH3 is 1. The molecular formula is C25H23N5O2. The van der Waals surface area contributed by atoms with E-state index in [0.717, 1.165) is 27.8 Å². The Kier molecular flexibility index (Phi) is 5.63. The number of para-hydroxylation sites is 3. The number of fused-ring (bicyclic) bond motifs is 2. The lowest BCUT2D eigenvalue weighted by Gasteiger charge is -2.14. The molecule has 1 N–H and O–H groups in total. The quantitative estimate of drug-likeness (QED) is 0.366. The molecule has 7 heteroatoms. The topological polar surface area (TPSA) is 74.1 Å². The number of nitrogens with one attached hydrogen (secondary N) is 1. The molecule has 5 aromatic rings. The fourth-order valence-electron chi connectivity index (χ4n) is 3.61. The summed E-state index contributed by atoms with van der Waals surface area (Å²) in [7, 11) is 1.66. The van der Waals surface area contributed by atoms with Crippen LogP contribution in [0.5, 0.6) is 5.75 Å². The summed E-state index contributed by atoms with van der Waals surface area (Å²) in [6, 6.07) is 24.0. The number of hydrogen-bond acceptors (Lipinski definition) is 6. The largest absolute Gasteiger partial charge is 0.489 e. The molecule has 0 fully saturated rings. The smallest absolute Gasteiger partial charge is 0.238 e. The first-order valence-corrected chi connectivity index (χ1v) is 10.5. The maximum atomic E-state index is 5.97. The second-order valence-electron chi connectivity index (χ2n) is 7.31. The van der Waals surface area contributed by atoms with Crippen LogP contribution < -0.4 is 10.1 Å². The summed E-state index contributed by atoms with van der Waals surface area (Å²) in [5, 5.41) is 4.38. The van der Waals surface area contributed by atoms with E-state index in [1.54, 1.807) is 13.4 Å². The average Bonchev–Trinajstić information content (AvgIpc) is 3.28. The number of benzene rings is 3. The fourth-order valence-corrected chi connectivity index (χ4v) is 3.61. The van der Waals surface area contributed by atoms with Crippen molar-refractivity contribution in [1.82, 2.24) is 19.5 Å². The van der Waals surface area contributed by atoms with Gasteiger partial charge in [0.2, 0.25) is 5.95 Å². The highest BCUT2D eigenvalue weighted by atomic mass is 16.5. The number of imidazole rings is 1. The molecule has 0 unspecified atom stereocenters. The molecule has 32 heavy (non-hydrogen) atoms. The van der Waals surface area contributed by atoms with Gasteiger partial charge in [-0.3, -0.25) is 4.57 Å². The van der Waals surface area contributed by atoms with E-state index in [2.05, 4.69) is 22.4 Å². The van der Waals surface area contributed by atoms with Crippen LogP contribution in [-0.2, 0) is 11.3 Å². The van der Waals surface area contributed by atoms with Crippen LogP contribution in [0.1, 0.15) is 5.56 Å². The standard InChI is InChI=1S/C25H23N5O2/c1-31-14-15-32-22-13-7-10-19-23(22)28-25(30-17-27-20-11-5-6-12-21(20)30)29-24(19)26-16-18-8-3-2-4-9-18/h2-13,17H,14-16H2,1H3,(H,26,28,29). The van der Waals surface area contributed by atoms with Crippen LogP contribution in [0, 0.1) is 0 Å². The van der Waals surface area contributed by atoms with Crippen LogP contribution >= 0.6 is 0 Å². The van der Waals surface area contributed by atoms with Crippen molar-refractivity contribution in [2.75, 3.05) is 25.6 Å². The summed E-state index contributed by atoms with van der Waals surface area (Å²) in [6.07, 6.45) is 1.75. The van der Waals surface area contributed by atoms with Gasteiger partial charge in [0, 0.05) is 19.0 Å². The third-order valence-electron chi connectivity index (χ3n) is 5.19. The van der Waals surface area contributed by atoms with E-state index in [-0.39, 0.29) is 0 Å². The van der Waals surface area contributed by atoms with Gasteiger partial charge in [-0.2, -0.15) is 4.98 Å². The average molecular weight is 425 g/mol. The van der Waals surface area contributed by atoms with Crippen molar-refractivity contribution in [3.05, 3.63) is 84.7 Å². The Bertz CT molecular complexity index is 1350. The zero-order valence-electron chi connectivity index (χ0n) is 17.7. The Morgan fingerprint density at radius 2 is 1.72 bits per heavy atom. The Morgan fingerprint density at radius 3 is 2.59 bits per heavy atom. The second kappa shape index (κ2) is 9.03. The lowest BCUT2D eigenvalue weighted by molar-refractivity contribution is 0.147. The third-order valence-corrected chi connectivity index (χ3v) is 5.19. The van der Waals surface area contributed by atoms with Crippen LogP contribution in [0.4, 0.5) is 5.82 Å². The monoisotopic (exact) mass is 425 g/mol. The van der Waals surface area contributed by atoms with Gasteiger partial charge < -0.3 is 14.8 Å². The molecule has 0 bridgehead atoms. The van der Waals surface area contributed by atoms with Gasteiger partial charge in [0.1, 0.15) is 30.0 Å². The molecule has 0 spiro atoms. The van der Waals surface area contributed by atoms with Gasteiger partial charge in [-0.1, -0.05) is 48.5 Å². The zero-order chi connectivity index (χ0) is 21.8. The third kappa shape index (κ3) is 3.98.